The maximum Gasteiger partial charge on any atom is 0.273 e. The number of hydrogen-bond donors (Lipinski definition) is 1. The minimum atomic E-state index is -3.81. The first-order valence-electron chi connectivity index (χ1n) is 7.39. The van der Waals surface area contributed by atoms with Crippen LogP contribution in [0.4, 0.5) is 11.4 Å². The van der Waals surface area contributed by atoms with Gasteiger partial charge in [0.15, 0.2) is 0 Å². The molecule has 0 aliphatic carbocycles. The predicted molar refractivity (Wildman–Crippen MR) is 94.5 cm³/mol. The molecule has 2 aromatic rings. The van der Waals surface area contributed by atoms with Crippen LogP contribution in [0.5, 0.6) is 5.75 Å². The zero-order valence-corrected chi connectivity index (χ0v) is 14.9. The van der Waals surface area contributed by atoms with E-state index < -0.39 is 27.4 Å². The number of anilines is 1. The monoisotopic (exact) mass is 379 g/mol. The number of likely N-dealkylation sites (N-methyl/N-ethyl adjacent to an activating group) is 1. The molecule has 0 saturated heterocycles. The van der Waals surface area contributed by atoms with Gasteiger partial charge in [0.2, 0.25) is 15.9 Å². The van der Waals surface area contributed by atoms with Crippen LogP contribution < -0.4 is 10.1 Å². The highest BCUT2D eigenvalue weighted by atomic mass is 32.2. The van der Waals surface area contributed by atoms with Crippen LogP contribution in [0.2, 0.25) is 0 Å². The summed E-state index contributed by atoms with van der Waals surface area (Å²) < 4.78 is 30.8. The average molecular weight is 379 g/mol. The average Bonchev–Trinajstić information content (AvgIpc) is 2.62. The van der Waals surface area contributed by atoms with Crippen molar-refractivity contribution in [3.05, 3.63) is 58.6 Å². The Morgan fingerprint density at radius 2 is 1.88 bits per heavy atom. The Hall–Kier alpha value is -2.98. The van der Waals surface area contributed by atoms with Gasteiger partial charge in [0.25, 0.3) is 5.69 Å². The van der Waals surface area contributed by atoms with E-state index in [0.29, 0.717) is 0 Å². The molecule has 1 amide bonds. The molecule has 0 spiro atoms. The summed E-state index contributed by atoms with van der Waals surface area (Å²) in [6.45, 7) is -0.433. The number of carbonyl (C=O) groups excluding carboxylic acids is 1. The highest BCUT2D eigenvalue weighted by molar-refractivity contribution is 7.89. The molecule has 0 radical (unpaired) electrons. The Morgan fingerprint density at radius 3 is 2.46 bits per heavy atom. The van der Waals surface area contributed by atoms with E-state index >= 15 is 0 Å². The SMILES string of the molecule is COc1cc([N+](=O)[O-])ccc1NC(=O)CN(C)S(=O)(=O)c1ccccc1. The fraction of sp³-hybridized carbons (Fsp3) is 0.188. The van der Waals surface area contributed by atoms with Gasteiger partial charge in [0.1, 0.15) is 5.75 Å². The van der Waals surface area contributed by atoms with Crippen LogP contribution in [0.1, 0.15) is 0 Å². The maximum atomic E-state index is 12.4. The van der Waals surface area contributed by atoms with Gasteiger partial charge in [-0.25, -0.2) is 8.42 Å². The Labute approximate surface area is 150 Å². The third-order valence-corrected chi connectivity index (χ3v) is 5.31. The molecule has 9 nitrogen and oxygen atoms in total. The molecule has 0 atom stereocenters. The van der Waals surface area contributed by atoms with Gasteiger partial charge in [0, 0.05) is 13.1 Å². The van der Waals surface area contributed by atoms with Crippen LogP contribution in [0.15, 0.2) is 53.4 Å². The van der Waals surface area contributed by atoms with E-state index in [-0.39, 0.29) is 22.0 Å². The number of methoxy groups -OCH3 is 1. The van der Waals surface area contributed by atoms with Crippen molar-refractivity contribution >= 4 is 27.3 Å². The van der Waals surface area contributed by atoms with Gasteiger partial charge in [-0.15, -0.1) is 0 Å². The van der Waals surface area contributed by atoms with E-state index in [1.54, 1.807) is 18.2 Å². The lowest BCUT2D eigenvalue weighted by atomic mass is 10.2. The summed E-state index contributed by atoms with van der Waals surface area (Å²) >= 11 is 0. The first-order valence-corrected chi connectivity index (χ1v) is 8.83. The number of benzene rings is 2. The lowest BCUT2D eigenvalue weighted by molar-refractivity contribution is -0.384. The van der Waals surface area contributed by atoms with Crippen molar-refractivity contribution in [2.75, 3.05) is 26.0 Å². The molecular weight excluding hydrogens is 362 g/mol. The van der Waals surface area contributed by atoms with E-state index in [2.05, 4.69) is 5.32 Å². The summed E-state index contributed by atoms with van der Waals surface area (Å²) in [7, 11) is -1.22. The van der Waals surface area contributed by atoms with E-state index in [9.17, 15) is 23.3 Å². The molecule has 138 valence electrons. The number of rotatable bonds is 7. The Kier molecular flexibility index (Phi) is 5.90. The number of nitro groups is 1. The fourth-order valence-corrected chi connectivity index (χ4v) is 3.29. The van der Waals surface area contributed by atoms with Gasteiger partial charge in [-0.2, -0.15) is 4.31 Å². The molecule has 1 N–H and O–H groups in total. The number of nitrogens with one attached hydrogen (secondary N) is 1. The van der Waals surface area contributed by atoms with Crippen LogP contribution in [-0.2, 0) is 14.8 Å². The van der Waals surface area contributed by atoms with Crippen LogP contribution in [-0.4, -0.2) is 44.3 Å². The summed E-state index contributed by atoms with van der Waals surface area (Å²) in [6.07, 6.45) is 0. The molecular formula is C16H17N3O6S. The summed E-state index contributed by atoms with van der Waals surface area (Å²) in [6, 6.07) is 11.4. The minimum Gasteiger partial charge on any atom is -0.494 e. The fourth-order valence-electron chi connectivity index (χ4n) is 2.15. The van der Waals surface area contributed by atoms with Crippen molar-refractivity contribution in [1.82, 2.24) is 4.31 Å². The summed E-state index contributed by atoms with van der Waals surface area (Å²) in [4.78, 5) is 22.4. The lowest BCUT2D eigenvalue weighted by Crippen LogP contribution is -2.35. The lowest BCUT2D eigenvalue weighted by Gasteiger charge is -2.17. The third kappa shape index (κ3) is 4.35. The molecule has 0 saturated carbocycles. The van der Waals surface area contributed by atoms with Gasteiger partial charge < -0.3 is 10.1 Å². The van der Waals surface area contributed by atoms with Crippen molar-refractivity contribution in [2.45, 2.75) is 4.90 Å². The predicted octanol–water partition coefficient (Wildman–Crippen LogP) is 1.86. The van der Waals surface area contributed by atoms with Crippen LogP contribution in [0, 0.1) is 10.1 Å². The molecule has 10 heteroatoms. The first-order chi connectivity index (χ1) is 12.3. The van der Waals surface area contributed by atoms with Crippen molar-refractivity contribution in [3.63, 3.8) is 0 Å². The molecule has 26 heavy (non-hydrogen) atoms. The molecule has 0 aliphatic rings. The second-order valence-electron chi connectivity index (χ2n) is 5.26. The standard InChI is InChI=1S/C16H17N3O6S/c1-18(26(23,24)13-6-4-3-5-7-13)11-16(20)17-14-9-8-12(19(21)22)10-15(14)25-2/h3-10H,11H2,1-2H3,(H,17,20). The summed E-state index contributed by atoms with van der Waals surface area (Å²) in [5, 5.41) is 13.3. The highest BCUT2D eigenvalue weighted by Gasteiger charge is 2.23. The number of carbonyl (C=O) groups is 1. The molecule has 0 aromatic heterocycles. The van der Waals surface area contributed by atoms with Crippen molar-refractivity contribution < 1.29 is 22.9 Å². The normalized spacial score (nSPS) is 11.2. The van der Waals surface area contributed by atoms with E-state index in [0.717, 1.165) is 4.31 Å². The first kappa shape index (κ1) is 19.3. The summed E-state index contributed by atoms with van der Waals surface area (Å²) in [5.74, 6) is -0.514. The van der Waals surface area contributed by atoms with Crippen molar-refractivity contribution in [3.8, 4) is 5.75 Å². The summed E-state index contributed by atoms with van der Waals surface area (Å²) in [5.41, 5.74) is 0.0113. The number of amides is 1. The Morgan fingerprint density at radius 1 is 1.23 bits per heavy atom. The number of non-ortho nitro benzene ring substituents is 1. The molecule has 0 bridgehead atoms. The van der Waals surface area contributed by atoms with E-state index in [1.165, 1.54) is 44.5 Å². The zero-order valence-electron chi connectivity index (χ0n) is 14.1. The second kappa shape index (κ2) is 7.93. The van der Waals surface area contributed by atoms with Crippen molar-refractivity contribution in [1.29, 1.82) is 0 Å². The highest BCUT2D eigenvalue weighted by Crippen LogP contribution is 2.29. The Balaban J connectivity index is 2.12. The minimum absolute atomic E-state index is 0.0724. The van der Waals surface area contributed by atoms with Crippen LogP contribution in [0.3, 0.4) is 0 Å². The van der Waals surface area contributed by atoms with Crippen LogP contribution in [0.25, 0.3) is 0 Å². The van der Waals surface area contributed by atoms with E-state index in [4.69, 9.17) is 4.74 Å². The quantitative estimate of drug-likeness (QED) is 0.579. The topological polar surface area (TPSA) is 119 Å². The molecule has 2 aromatic carbocycles. The number of hydrogen-bond acceptors (Lipinski definition) is 6. The Bertz CT molecular complexity index is 915. The van der Waals surface area contributed by atoms with Gasteiger partial charge in [-0.3, -0.25) is 14.9 Å². The number of sulfonamides is 1. The number of nitrogens with zero attached hydrogens (tertiary/aromatic N) is 2. The molecule has 0 heterocycles. The van der Waals surface area contributed by atoms with E-state index in [1.807, 2.05) is 0 Å². The maximum absolute atomic E-state index is 12.4. The largest absolute Gasteiger partial charge is 0.494 e. The molecule has 0 fully saturated rings. The van der Waals surface area contributed by atoms with Crippen LogP contribution >= 0.6 is 0 Å². The van der Waals surface area contributed by atoms with Gasteiger partial charge in [-0.1, -0.05) is 18.2 Å². The molecule has 0 aliphatic heterocycles. The number of nitro benzene ring substituents is 1. The van der Waals surface area contributed by atoms with Gasteiger partial charge in [0.05, 0.1) is 35.2 Å². The third-order valence-electron chi connectivity index (χ3n) is 3.49. The zero-order chi connectivity index (χ0) is 19.3. The second-order valence-corrected chi connectivity index (χ2v) is 7.31. The smallest absolute Gasteiger partial charge is 0.273 e. The molecule has 0 unspecified atom stereocenters. The van der Waals surface area contributed by atoms with Gasteiger partial charge in [-0.05, 0) is 18.2 Å². The molecule has 2 rings (SSSR count). The number of ether oxygens (including phenoxy) is 1. The van der Waals surface area contributed by atoms with Crippen molar-refractivity contribution in [2.24, 2.45) is 0 Å². The van der Waals surface area contributed by atoms with Gasteiger partial charge >= 0.3 is 0 Å².